The molecule has 23 heavy (non-hydrogen) atoms. The van der Waals surface area contributed by atoms with E-state index in [4.69, 9.17) is 16.7 Å². The van der Waals surface area contributed by atoms with Crippen LogP contribution in [-0.2, 0) is 11.3 Å². The molecule has 1 heterocycles. The van der Waals surface area contributed by atoms with Crippen LogP contribution in [0.15, 0.2) is 30.9 Å². The maximum Gasteiger partial charge on any atom is 0.303 e. The third-order valence-electron chi connectivity index (χ3n) is 4.30. The van der Waals surface area contributed by atoms with Crippen LogP contribution < -0.4 is 5.32 Å². The summed E-state index contributed by atoms with van der Waals surface area (Å²) in [4.78, 5) is 14.6. The maximum absolute atomic E-state index is 10.6. The van der Waals surface area contributed by atoms with E-state index >= 15 is 0 Å². The third kappa shape index (κ3) is 4.09. The Labute approximate surface area is 139 Å². The van der Waals surface area contributed by atoms with Gasteiger partial charge in [-0.1, -0.05) is 17.7 Å². The highest BCUT2D eigenvalue weighted by Crippen LogP contribution is 2.31. The molecule has 0 aliphatic heterocycles. The number of hydrogen-bond donors (Lipinski definition) is 2. The number of hydrogen-bond acceptors (Lipinski definition) is 4. The molecule has 1 aromatic heterocycles. The highest BCUT2D eigenvalue weighted by Gasteiger charge is 2.28. The summed E-state index contributed by atoms with van der Waals surface area (Å²) in [6.45, 7) is 0.725. The van der Waals surface area contributed by atoms with Gasteiger partial charge in [-0.15, -0.1) is 0 Å². The first-order valence-electron chi connectivity index (χ1n) is 7.70. The van der Waals surface area contributed by atoms with E-state index in [2.05, 4.69) is 15.4 Å². The summed E-state index contributed by atoms with van der Waals surface area (Å²) >= 11 is 6.08. The first kappa shape index (κ1) is 16.0. The van der Waals surface area contributed by atoms with Gasteiger partial charge < -0.3 is 10.4 Å². The Bertz CT molecular complexity index is 669. The second-order valence-electron chi connectivity index (χ2n) is 5.96. The van der Waals surface area contributed by atoms with Crippen molar-refractivity contribution in [2.45, 2.75) is 38.3 Å². The van der Waals surface area contributed by atoms with Crippen LogP contribution in [0.1, 0.15) is 31.2 Å². The standard InChI is InChI=1S/C16H19ClN4O2/c17-13-3-2-12(15(7-13)21-10-18-9-20-21)8-19-14-5-11(6-14)1-4-16(22)23/h2-3,7,9-11,14,19H,1,4-6,8H2,(H,22,23). The zero-order valence-corrected chi connectivity index (χ0v) is 13.4. The largest absolute Gasteiger partial charge is 0.481 e. The zero-order valence-electron chi connectivity index (χ0n) is 12.7. The molecule has 3 rings (SSSR count). The number of nitrogens with zero attached hydrogens (tertiary/aromatic N) is 3. The fourth-order valence-corrected chi connectivity index (χ4v) is 3.12. The molecule has 1 saturated carbocycles. The number of carbonyl (C=O) groups is 1. The zero-order chi connectivity index (χ0) is 16.2. The van der Waals surface area contributed by atoms with E-state index in [9.17, 15) is 4.79 Å². The lowest BCUT2D eigenvalue weighted by Crippen LogP contribution is -2.41. The van der Waals surface area contributed by atoms with Crippen molar-refractivity contribution in [1.29, 1.82) is 0 Å². The molecule has 2 N–H and O–H groups in total. The molecule has 0 saturated heterocycles. The van der Waals surface area contributed by atoms with E-state index in [0.29, 0.717) is 17.0 Å². The monoisotopic (exact) mass is 334 g/mol. The molecule has 1 aromatic carbocycles. The van der Waals surface area contributed by atoms with E-state index in [-0.39, 0.29) is 6.42 Å². The smallest absolute Gasteiger partial charge is 0.303 e. The van der Waals surface area contributed by atoms with Crippen LogP contribution in [0.4, 0.5) is 0 Å². The minimum atomic E-state index is -0.708. The van der Waals surface area contributed by atoms with Gasteiger partial charge in [-0.05, 0) is 42.9 Å². The van der Waals surface area contributed by atoms with E-state index in [1.807, 2.05) is 18.2 Å². The van der Waals surface area contributed by atoms with Gasteiger partial charge in [0.15, 0.2) is 0 Å². The van der Waals surface area contributed by atoms with Crippen molar-refractivity contribution < 1.29 is 9.90 Å². The van der Waals surface area contributed by atoms with E-state index in [1.165, 1.54) is 6.33 Å². The molecule has 0 amide bonds. The third-order valence-corrected chi connectivity index (χ3v) is 4.53. The Morgan fingerprint density at radius 3 is 2.96 bits per heavy atom. The van der Waals surface area contributed by atoms with Crippen molar-refractivity contribution in [2.24, 2.45) is 5.92 Å². The fourth-order valence-electron chi connectivity index (χ4n) is 2.95. The van der Waals surface area contributed by atoms with Gasteiger partial charge in [0.2, 0.25) is 0 Å². The number of halogens is 1. The number of carboxylic acids is 1. The Kier molecular flexibility index (Phi) is 4.93. The normalized spacial score (nSPS) is 20.2. The van der Waals surface area contributed by atoms with Gasteiger partial charge in [0.1, 0.15) is 12.7 Å². The number of rotatable bonds is 7. The van der Waals surface area contributed by atoms with Crippen LogP contribution >= 0.6 is 11.6 Å². The molecule has 2 aromatic rings. The summed E-state index contributed by atoms with van der Waals surface area (Å²) in [7, 11) is 0. The Morgan fingerprint density at radius 1 is 1.43 bits per heavy atom. The Balaban J connectivity index is 1.55. The minimum Gasteiger partial charge on any atom is -0.481 e. The van der Waals surface area contributed by atoms with Crippen LogP contribution in [0.5, 0.6) is 0 Å². The molecule has 0 radical (unpaired) electrons. The average molecular weight is 335 g/mol. The molecule has 0 atom stereocenters. The summed E-state index contributed by atoms with van der Waals surface area (Å²) in [5, 5.41) is 17.1. The van der Waals surface area contributed by atoms with Crippen LogP contribution in [0.3, 0.4) is 0 Å². The lowest BCUT2D eigenvalue weighted by atomic mass is 9.77. The van der Waals surface area contributed by atoms with E-state index < -0.39 is 5.97 Å². The predicted octanol–water partition coefficient (Wildman–Crippen LogP) is 2.65. The molecule has 0 unspecified atom stereocenters. The Hall–Kier alpha value is -1.92. The first-order chi connectivity index (χ1) is 11.1. The second-order valence-corrected chi connectivity index (χ2v) is 6.40. The van der Waals surface area contributed by atoms with Crippen LogP contribution in [0.2, 0.25) is 5.02 Å². The van der Waals surface area contributed by atoms with Crippen molar-refractivity contribution in [3.05, 3.63) is 41.4 Å². The predicted molar refractivity (Wildman–Crippen MR) is 86.6 cm³/mol. The number of benzene rings is 1. The van der Waals surface area contributed by atoms with Crippen molar-refractivity contribution in [2.75, 3.05) is 0 Å². The topological polar surface area (TPSA) is 80.0 Å². The van der Waals surface area contributed by atoms with E-state index in [0.717, 1.165) is 37.1 Å². The lowest BCUT2D eigenvalue weighted by molar-refractivity contribution is -0.137. The number of carboxylic acid groups (broad SMARTS) is 1. The number of aromatic nitrogens is 3. The molecule has 1 aliphatic rings. The van der Waals surface area contributed by atoms with Crippen LogP contribution in [0.25, 0.3) is 5.69 Å². The van der Waals surface area contributed by atoms with Crippen molar-refractivity contribution in [3.8, 4) is 5.69 Å². The maximum atomic E-state index is 10.6. The van der Waals surface area contributed by atoms with Crippen molar-refractivity contribution >= 4 is 17.6 Å². The van der Waals surface area contributed by atoms with Gasteiger partial charge in [0, 0.05) is 24.0 Å². The summed E-state index contributed by atoms with van der Waals surface area (Å²) in [5.41, 5.74) is 2.03. The lowest BCUT2D eigenvalue weighted by Gasteiger charge is -2.36. The van der Waals surface area contributed by atoms with Gasteiger partial charge in [-0.2, -0.15) is 5.10 Å². The molecular weight excluding hydrogens is 316 g/mol. The molecule has 1 aliphatic carbocycles. The summed E-state index contributed by atoms with van der Waals surface area (Å²) < 4.78 is 1.71. The molecule has 0 spiro atoms. The fraction of sp³-hybridized carbons (Fsp3) is 0.438. The van der Waals surface area contributed by atoms with Crippen LogP contribution in [0, 0.1) is 5.92 Å². The molecule has 0 bridgehead atoms. The van der Waals surface area contributed by atoms with Gasteiger partial charge in [-0.25, -0.2) is 9.67 Å². The number of aliphatic carboxylic acids is 1. The molecule has 1 fully saturated rings. The van der Waals surface area contributed by atoms with Gasteiger partial charge >= 0.3 is 5.97 Å². The van der Waals surface area contributed by atoms with Crippen LogP contribution in [-0.4, -0.2) is 31.9 Å². The minimum absolute atomic E-state index is 0.269. The highest BCUT2D eigenvalue weighted by molar-refractivity contribution is 6.30. The summed E-state index contributed by atoms with van der Waals surface area (Å²) in [5.74, 6) is -0.177. The van der Waals surface area contributed by atoms with Gasteiger partial charge in [0.05, 0.1) is 5.69 Å². The molecule has 122 valence electrons. The number of nitrogens with one attached hydrogen (secondary N) is 1. The first-order valence-corrected chi connectivity index (χ1v) is 8.08. The highest BCUT2D eigenvalue weighted by atomic mass is 35.5. The summed E-state index contributed by atoms with van der Waals surface area (Å²) in [6, 6.07) is 6.19. The Morgan fingerprint density at radius 2 is 2.26 bits per heavy atom. The van der Waals surface area contributed by atoms with Gasteiger partial charge in [-0.3, -0.25) is 4.79 Å². The molecule has 6 nitrogen and oxygen atoms in total. The average Bonchev–Trinajstić information content (AvgIpc) is 3.00. The quantitative estimate of drug-likeness (QED) is 0.813. The van der Waals surface area contributed by atoms with Crippen molar-refractivity contribution in [1.82, 2.24) is 20.1 Å². The molecule has 7 heteroatoms. The molecular formula is C16H19ClN4O2. The van der Waals surface area contributed by atoms with E-state index in [1.54, 1.807) is 11.0 Å². The van der Waals surface area contributed by atoms with Crippen molar-refractivity contribution in [3.63, 3.8) is 0 Å². The second kappa shape index (κ2) is 7.10. The van der Waals surface area contributed by atoms with Gasteiger partial charge in [0.25, 0.3) is 0 Å². The SMILES string of the molecule is O=C(O)CCC1CC(NCc2ccc(Cl)cc2-n2cncn2)C1. The summed E-state index contributed by atoms with van der Waals surface area (Å²) in [6.07, 6.45) is 6.28.